The lowest BCUT2D eigenvalue weighted by atomic mass is 10.1. The molecule has 0 aliphatic rings. The second-order valence-electron chi connectivity index (χ2n) is 5.95. The monoisotopic (exact) mass is 363 g/mol. The van der Waals surface area contributed by atoms with Crippen LogP contribution in [-0.2, 0) is 9.59 Å². The Balaban J connectivity index is 0.000000380. The topological polar surface area (TPSA) is 77.8 Å². The van der Waals surface area contributed by atoms with Crippen molar-refractivity contribution < 1.29 is 19.8 Å². The van der Waals surface area contributed by atoms with Gasteiger partial charge in [0.25, 0.3) is 0 Å². The van der Waals surface area contributed by atoms with E-state index in [1.165, 1.54) is 28.2 Å². The van der Waals surface area contributed by atoms with Gasteiger partial charge in [-0.1, -0.05) is 53.6 Å². The summed E-state index contributed by atoms with van der Waals surface area (Å²) in [6.07, 6.45) is 0. The maximum absolute atomic E-state index is 9.10. The fraction of sp³-hybridized carbons (Fsp3) is 0.0909. The Morgan fingerprint density at radius 2 is 0.926 bits per heavy atom. The van der Waals surface area contributed by atoms with E-state index in [2.05, 4.69) is 91.5 Å². The van der Waals surface area contributed by atoms with Crippen molar-refractivity contribution in [2.24, 2.45) is 0 Å². The number of rotatable bonds is 3. The van der Waals surface area contributed by atoms with Gasteiger partial charge in [0, 0.05) is 17.1 Å². The van der Waals surface area contributed by atoms with E-state index in [1.807, 2.05) is 6.07 Å². The lowest BCUT2D eigenvalue weighted by Gasteiger charge is -2.25. The van der Waals surface area contributed by atoms with Gasteiger partial charge in [0.05, 0.1) is 0 Å². The van der Waals surface area contributed by atoms with Gasteiger partial charge in [-0.3, -0.25) is 0 Å². The third kappa shape index (κ3) is 5.71. The molecule has 0 unspecified atom stereocenters. The molecule has 27 heavy (non-hydrogen) atoms. The summed E-state index contributed by atoms with van der Waals surface area (Å²) in [6.45, 7) is 4.23. The number of anilines is 3. The highest BCUT2D eigenvalue weighted by atomic mass is 16.4. The van der Waals surface area contributed by atoms with Crippen LogP contribution in [0.15, 0.2) is 78.9 Å². The maximum atomic E-state index is 9.10. The number of carboxylic acids is 2. The van der Waals surface area contributed by atoms with E-state index in [-0.39, 0.29) is 0 Å². The average Bonchev–Trinajstić information content (AvgIpc) is 2.66. The number of aliphatic carboxylic acids is 2. The van der Waals surface area contributed by atoms with Crippen molar-refractivity contribution in [2.75, 3.05) is 4.90 Å². The molecule has 0 heterocycles. The lowest BCUT2D eigenvalue weighted by molar-refractivity contribution is -0.159. The Bertz CT molecular complexity index is 830. The number of hydrogen-bond donors (Lipinski definition) is 2. The number of aryl methyl sites for hydroxylation is 2. The lowest BCUT2D eigenvalue weighted by Crippen LogP contribution is -2.09. The van der Waals surface area contributed by atoms with Gasteiger partial charge in [-0.25, -0.2) is 9.59 Å². The highest BCUT2D eigenvalue weighted by molar-refractivity contribution is 6.27. The minimum Gasteiger partial charge on any atom is -0.473 e. The van der Waals surface area contributed by atoms with E-state index in [0.29, 0.717) is 0 Å². The second-order valence-corrected chi connectivity index (χ2v) is 5.95. The van der Waals surface area contributed by atoms with Gasteiger partial charge in [-0.15, -0.1) is 0 Å². The summed E-state index contributed by atoms with van der Waals surface area (Å²) >= 11 is 0. The minimum absolute atomic E-state index is 1.17. The Labute approximate surface area is 158 Å². The van der Waals surface area contributed by atoms with Crippen LogP contribution in [0.2, 0.25) is 0 Å². The molecule has 0 aliphatic heterocycles. The zero-order chi connectivity index (χ0) is 19.8. The fourth-order valence-corrected chi connectivity index (χ4v) is 2.41. The molecule has 5 nitrogen and oxygen atoms in total. The van der Waals surface area contributed by atoms with Crippen molar-refractivity contribution in [3.05, 3.63) is 90.0 Å². The van der Waals surface area contributed by atoms with Crippen LogP contribution in [-0.4, -0.2) is 22.2 Å². The molecule has 138 valence electrons. The van der Waals surface area contributed by atoms with Crippen LogP contribution in [0, 0.1) is 13.8 Å². The predicted octanol–water partition coefficient (Wildman–Crippen LogP) is 4.93. The minimum atomic E-state index is -1.82. The molecule has 2 N–H and O–H groups in total. The van der Waals surface area contributed by atoms with Crippen LogP contribution in [0.4, 0.5) is 17.1 Å². The fourth-order valence-electron chi connectivity index (χ4n) is 2.41. The molecule has 0 atom stereocenters. The number of hydrogen-bond acceptors (Lipinski definition) is 3. The molecule has 0 aliphatic carbocycles. The van der Waals surface area contributed by atoms with E-state index in [9.17, 15) is 0 Å². The SMILES string of the molecule is Cc1ccc(N(c2ccccc2)c2ccc(C)cc2)cc1.O=C(O)C(=O)O. The summed E-state index contributed by atoms with van der Waals surface area (Å²) in [5, 5.41) is 14.8. The molecule has 0 saturated heterocycles. The van der Waals surface area contributed by atoms with E-state index in [1.54, 1.807) is 0 Å². The van der Waals surface area contributed by atoms with Crippen molar-refractivity contribution in [1.82, 2.24) is 0 Å². The van der Waals surface area contributed by atoms with E-state index >= 15 is 0 Å². The Hall–Kier alpha value is -3.60. The third-order valence-electron chi connectivity index (χ3n) is 3.78. The van der Waals surface area contributed by atoms with Gasteiger partial charge in [-0.2, -0.15) is 0 Å². The van der Waals surface area contributed by atoms with Gasteiger partial charge >= 0.3 is 11.9 Å². The number of carboxylic acid groups (broad SMARTS) is 2. The predicted molar refractivity (Wildman–Crippen MR) is 106 cm³/mol. The molecule has 0 spiro atoms. The van der Waals surface area contributed by atoms with Crippen LogP contribution in [0.25, 0.3) is 0 Å². The third-order valence-corrected chi connectivity index (χ3v) is 3.78. The molecule has 0 aromatic heterocycles. The van der Waals surface area contributed by atoms with Crippen molar-refractivity contribution in [2.45, 2.75) is 13.8 Å². The molecule has 0 saturated carbocycles. The summed E-state index contributed by atoms with van der Waals surface area (Å²) < 4.78 is 0. The van der Waals surface area contributed by atoms with E-state index in [4.69, 9.17) is 19.8 Å². The molecular formula is C22H21NO4. The van der Waals surface area contributed by atoms with Crippen molar-refractivity contribution in [3.63, 3.8) is 0 Å². The maximum Gasteiger partial charge on any atom is 0.414 e. The van der Waals surface area contributed by atoms with Crippen molar-refractivity contribution in [1.29, 1.82) is 0 Å². The standard InChI is InChI=1S/C20H19N.C2H2O4/c1-16-8-12-19(13-9-16)21(18-6-4-3-5-7-18)20-14-10-17(2)11-15-20;3-1(4)2(5)6/h3-15H,1-2H3;(H,3,4)(H,5,6). The molecule has 0 amide bonds. The van der Waals surface area contributed by atoms with Gasteiger partial charge in [-0.05, 0) is 50.2 Å². The van der Waals surface area contributed by atoms with Crippen LogP contribution in [0.3, 0.4) is 0 Å². The molecule has 3 aromatic carbocycles. The van der Waals surface area contributed by atoms with Crippen LogP contribution < -0.4 is 4.90 Å². The van der Waals surface area contributed by atoms with E-state index < -0.39 is 11.9 Å². The van der Waals surface area contributed by atoms with Gasteiger partial charge < -0.3 is 15.1 Å². The summed E-state index contributed by atoms with van der Waals surface area (Å²) in [5.41, 5.74) is 6.07. The number of benzene rings is 3. The summed E-state index contributed by atoms with van der Waals surface area (Å²) in [7, 11) is 0. The number of carbonyl (C=O) groups is 2. The van der Waals surface area contributed by atoms with Gasteiger partial charge in [0.15, 0.2) is 0 Å². The molecule has 5 heteroatoms. The normalized spacial score (nSPS) is 9.70. The average molecular weight is 363 g/mol. The van der Waals surface area contributed by atoms with Gasteiger partial charge in [0.2, 0.25) is 0 Å². The smallest absolute Gasteiger partial charge is 0.414 e. The van der Waals surface area contributed by atoms with Crippen LogP contribution in [0.5, 0.6) is 0 Å². The molecule has 0 fully saturated rings. The highest BCUT2D eigenvalue weighted by Gasteiger charge is 2.11. The number of nitrogens with zero attached hydrogens (tertiary/aromatic N) is 1. The summed E-state index contributed by atoms with van der Waals surface area (Å²) in [5.74, 6) is -3.65. The molecular weight excluding hydrogens is 342 g/mol. The zero-order valence-electron chi connectivity index (χ0n) is 15.2. The first kappa shape index (κ1) is 19.7. The molecule has 0 bridgehead atoms. The molecule has 0 radical (unpaired) electrons. The van der Waals surface area contributed by atoms with E-state index in [0.717, 1.165) is 0 Å². The van der Waals surface area contributed by atoms with Crippen LogP contribution >= 0.6 is 0 Å². The Kier molecular flexibility index (Phi) is 6.72. The Morgan fingerprint density at radius 1 is 0.593 bits per heavy atom. The summed E-state index contributed by atoms with van der Waals surface area (Å²) in [6, 6.07) is 27.8. The first-order valence-electron chi connectivity index (χ1n) is 8.33. The van der Waals surface area contributed by atoms with Crippen LogP contribution in [0.1, 0.15) is 11.1 Å². The quantitative estimate of drug-likeness (QED) is 0.645. The van der Waals surface area contributed by atoms with Gasteiger partial charge in [0.1, 0.15) is 0 Å². The van der Waals surface area contributed by atoms with Crippen molar-refractivity contribution in [3.8, 4) is 0 Å². The largest absolute Gasteiger partial charge is 0.473 e. The highest BCUT2D eigenvalue weighted by Crippen LogP contribution is 2.34. The molecule has 3 rings (SSSR count). The first-order chi connectivity index (χ1) is 12.9. The summed E-state index contributed by atoms with van der Waals surface area (Å²) in [4.78, 5) is 20.5. The van der Waals surface area contributed by atoms with Crippen molar-refractivity contribution >= 4 is 29.0 Å². The molecule has 3 aromatic rings. The Morgan fingerprint density at radius 3 is 1.26 bits per heavy atom. The first-order valence-corrected chi connectivity index (χ1v) is 8.33. The zero-order valence-corrected chi connectivity index (χ0v) is 15.2. The second kappa shape index (κ2) is 9.20. The number of para-hydroxylation sites is 1.